The van der Waals surface area contributed by atoms with Crippen LogP contribution in [0.25, 0.3) is 0 Å². The average Bonchev–Trinajstić information content (AvgIpc) is 2.87. The minimum absolute atomic E-state index is 0.0391. The van der Waals surface area contributed by atoms with Gasteiger partial charge in [-0.05, 0) is 39.4 Å². The van der Waals surface area contributed by atoms with Gasteiger partial charge in [0.25, 0.3) is 11.6 Å². The standard InChI is InChI=1S/C10H5BrN4O5S/c11-6-2-1-5(3-7(6)14(17)18)9(16)13-10-12-4-8(21-10)15(19)20/h1-4H,(H,12,13,16). The van der Waals surface area contributed by atoms with Crippen molar-refractivity contribution in [1.82, 2.24) is 4.98 Å². The van der Waals surface area contributed by atoms with Crippen LogP contribution in [0, 0.1) is 20.2 Å². The molecule has 0 spiro atoms. The van der Waals surface area contributed by atoms with Crippen LogP contribution in [0.1, 0.15) is 10.4 Å². The second-order valence-electron chi connectivity index (χ2n) is 3.64. The van der Waals surface area contributed by atoms with Crippen LogP contribution >= 0.6 is 27.3 Å². The lowest BCUT2D eigenvalue weighted by atomic mass is 10.2. The number of carbonyl (C=O) groups is 1. The average molecular weight is 373 g/mol. The van der Waals surface area contributed by atoms with Crippen molar-refractivity contribution >= 4 is 49.0 Å². The Kier molecular flexibility index (Phi) is 4.23. The van der Waals surface area contributed by atoms with Crippen LogP contribution in [-0.2, 0) is 0 Å². The number of nitrogens with zero attached hydrogens (tertiary/aromatic N) is 3. The number of nitro groups is 2. The number of hydrogen-bond donors (Lipinski definition) is 1. The van der Waals surface area contributed by atoms with E-state index in [9.17, 15) is 25.0 Å². The van der Waals surface area contributed by atoms with E-state index < -0.39 is 15.8 Å². The molecule has 0 aliphatic carbocycles. The molecule has 0 fully saturated rings. The molecule has 0 radical (unpaired) electrons. The van der Waals surface area contributed by atoms with E-state index in [0.29, 0.717) is 11.3 Å². The molecule has 0 saturated heterocycles. The Morgan fingerprint density at radius 2 is 2.00 bits per heavy atom. The Hall–Kier alpha value is -2.40. The van der Waals surface area contributed by atoms with Crippen LogP contribution in [-0.4, -0.2) is 20.7 Å². The van der Waals surface area contributed by atoms with Crippen molar-refractivity contribution in [3.05, 3.63) is 54.7 Å². The summed E-state index contributed by atoms with van der Waals surface area (Å²) in [6, 6.07) is 3.85. The number of benzene rings is 1. The van der Waals surface area contributed by atoms with E-state index in [1.165, 1.54) is 12.1 Å². The summed E-state index contributed by atoms with van der Waals surface area (Å²) in [4.78, 5) is 35.7. The van der Waals surface area contributed by atoms with Gasteiger partial charge in [0.05, 0.1) is 14.3 Å². The van der Waals surface area contributed by atoms with Crippen LogP contribution in [0.2, 0.25) is 0 Å². The first-order valence-electron chi connectivity index (χ1n) is 5.24. The first-order chi connectivity index (χ1) is 9.88. The lowest BCUT2D eigenvalue weighted by Crippen LogP contribution is -2.11. The smallest absolute Gasteiger partial charge is 0.298 e. The topological polar surface area (TPSA) is 128 Å². The Labute approximate surface area is 129 Å². The van der Waals surface area contributed by atoms with Crippen molar-refractivity contribution < 1.29 is 14.6 Å². The van der Waals surface area contributed by atoms with E-state index in [2.05, 4.69) is 26.2 Å². The molecule has 1 aromatic heterocycles. The molecule has 1 amide bonds. The van der Waals surface area contributed by atoms with Crippen LogP contribution < -0.4 is 5.32 Å². The van der Waals surface area contributed by atoms with Gasteiger partial charge in [-0.3, -0.25) is 30.3 Å². The number of rotatable bonds is 4. The Morgan fingerprint density at radius 1 is 1.29 bits per heavy atom. The minimum atomic E-state index is -0.644. The first-order valence-corrected chi connectivity index (χ1v) is 6.85. The van der Waals surface area contributed by atoms with E-state index >= 15 is 0 Å². The van der Waals surface area contributed by atoms with Gasteiger partial charge in [0, 0.05) is 11.6 Å². The molecule has 0 bridgehead atoms. The fourth-order valence-electron chi connectivity index (χ4n) is 1.37. The summed E-state index contributed by atoms with van der Waals surface area (Å²) in [5.41, 5.74) is -0.212. The number of carbonyl (C=O) groups excluding carboxylic acids is 1. The molecule has 0 aliphatic rings. The van der Waals surface area contributed by atoms with Crippen LogP contribution in [0.5, 0.6) is 0 Å². The highest BCUT2D eigenvalue weighted by Gasteiger charge is 2.18. The third-order valence-corrected chi connectivity index (χ3v) is 3.83. The van der Waals surface area contributed by atoms with E-state index in [0.717, 1.165) is 12.3 Å². The van der Waals surface area contributed by atoms with Gasteiger partial charge in [-0.25, -0.2) is 4.98 Å². The summed E-state index contributed by atoms with van der Waals surface area (Å²) in [6.45, 7) is 0. The SMILES string of the molecule is O=C(Nc1ncc([N+](=O)[O-])s1)c1ccc(Br)c([N+](=O)[O-])c1. The van der Waals surface area contributed by atoms with Gasteiger partial charge in [-0.15, -0.1) is 0 Å². The molecule has 2 aromatic rings. The zero-order valence-corrected chi connectivity index (χ0v) is 12.4. The number of halogens is 1. The molecule has 0 aliphatic heterocycles. The Balaban J connectivity index is 2.22. The summed E-state index contributed by atoms with van der Waals surface area (Å²) in [5, 5.41) is 23.5. The zero-order valence-electron chi connectivity index (χ0n) is 9.98. The molecule has 0 unspecified atom stereocenters. The molecule has 1 heterocycles. The van der Waals surface area contributed by atoms with Gasteiger partial charge in [-0.1, -0.05) is 0 Å². The predicted octanol–water partition coefficient (Wildman–Crippen LogP) is 2.97. The van der Waals surface area contributed by atoms with Crippen molar-refractivity contribution in [3.8, 4) is 0 Å². The van der Waals surface area contributed by atoms with Gasteiger partial charge in [-0.2, -0.15) is 0 Å². The molecule has 1 N–H and O–H groups in total. The highest BCUT2D eigenvalue weighted by molar-refractivity contribution is 9.10. The number of thiazole rings is 1. The monoisotopic (exact) mass is 372 g/mol. The summed E-state index contributed by atoms with van der Waals surface area (Å²) in [5.74, 6) is -0.644. The molecule has 1 aromatic carbocycles. The lowest BCUT2D eigenvalue weighted by molar-refractivity contribution is -0.385. The second-order valence-corrected chi connectivity index (χ2v) is 5.50. The summed E-state index contributed by atoms with van der Waals surface area (Å²) >= 11 is 3.70. The Morgan fingerprint density at radius 3 is 2.57 bits per heavy atom. The van der Waals surface area contributed by atoms with Crippen molar-refractivity contribution in [2.45, 2.75) is 0 Å². The number of anilines is 1. The molecule has 0 atom stereocenters. The maximum atomic E-state index is 11.9. The summed E-state index contributed by atoms with van der Waals surface area (Å²) in [6.07, 6.45) is 1.02. The van der Waals surface area contributed by atoms with E-state index in [-0.39, 0.29) is 25.9 Å². The normalized spacial score (nSPS) is 10.1. The Bertz CT molecular complexity index is 747. The number of nitrogens with one attached hydrogen (secondary N) is 1. The fraction of sp³-hybridized carbons (Fsp3) is 0. The molecule has 2 rings (SSSR count). The van der Waals surface area contributed by atoms with Gasteiger partial charge < -0.3 is 0 Å². The van der Waals surface area contributed by atoms with Crippen molar-refractivity contribution in [3.63, 3.8) is 0 Å². The predicted molar refractivity (Wildman–Crippen MR) is 77.5 cm³/mol. The van der Waals surface area contributed by atoms with E-state index in [4.69, 9.17) is 0 Å². The number of hydrogen-bond acceptors (Lipinski definition) is 7. The van der Waals surface area contributed by atoms with Gasteiger partial charge in [0.15, 0.2) is 5.13 Å². The highest BCUT2D eigenvalue weighted by atomic mass is 79.9. The molecule has 9 nitrogen and oxygen atoms in total. The summed E-state index contributed by atoms with van der Waals surface area (Å²) in [7, 11) is 0. The third-order valence-electron chi connectivity index (χ3n) is 2.30. The van der Waals surface area contributed by atoms with E-state index in [1.807, 2.05) is 0 Å². The van der Waals surface area contributed by atoms with E-state index in [1.54, 1.807) is 0 Å². The minimum Gasteiger partial charge on any atom is -0.298 e. The first kappa shape index (κ1) is 15.0. The van der Waals surface area contributed by atoms with Crippen molar-refractivity contribution in [2.75, 3.05) is 5.32 Å². The zero-order chi connectivity index (χ0) is 15.6. The van der Waals surface area contributed by atoms with Crippen molar-refractivity contribution in [1.29, 1.82) is 0 Å². The molecule has 21 heavy (non-hydrogen) atoms. The molecular formula is C10H5BrN4O5S. The van der Waals surface area contributed by atoms with Crippen LogP contribution in [0.3, 0.4) is 0 Å². The molecule has 11 heteroatoms. The second kappa shape index (κ2) is 5.93. The number of amides is 1. The van der Waals surface area contributed by atoms with Crippen molar-refractivity contribution in [2.24, 2.45) is 0 Å². The highest BCUT2D eigenvalue weighted by Crippen LogP contribution is 2.28. The molecular weight excluding hydrogens is 368 g/mol. The largest absolute Gasteiger partial charge is 0.345 e. The molecule has 108 valence electrons. The lowest BCUT2D eigenvalue weighted by Gasteiger charge is -2.02. The van der Waals surface area contributed by atoms with Crippen LogP contribution in [0.15, 0.2) is 28.9 Å². The fourth-order valence-corrected chi connectivity index (χ4v) is 2.39. The maximum absolute atomic E-state index is 11.9. The number of aromatic nitrogens is 1. The quantitative estimate of drug-likeness (QED) is 0.648. The van der Waals surface area contributed by atoms with Gasteiger partial charge in [0.1, 0.15) is 6.20 Å². The van der Waals surface area contributed by atoms with Gasteiger partial charge >= 0.3 is 5.00 Å². The number of nitro benzene ring substituents is 1. The maximum Gasteiger partial charge on any atom is 0.345 e. The van der Waals surface area contributed by atoms with Gasteiger partial charge in [0.2, 0.25) is 0 Å². The third kappa shape index (κ3) is 3.38. The summed E-state index contributed by atoms with van der Waals surface area (Å²) < 4.78 is 0.244. The van der Waals surface area contributed by atoms with Crippen LogP contribution in [0.4, 0.5) is 15.8 Å². The molecule has 0 saturated carbocycles.